The van der Waals surface area contributed by atoms with Crippen molar-refractivity contribution in [1.29, 1.82) is 0 Å². The first-order valence-corrected chi connectivity index (χ1v) is 10.5. The lowest BCUT2D eigenvalue weighted by Crippen LogP contribution is -2.12. The van der Waals surface area contributed by atoms with Crippen LogP contribution in [-0.4, -0.2) is 18.9 Å². The van der Waals surface area contributed by atoms with E-state index < -0.39 is 0 Å². The quantitative estimate of drug-likeness (QED) is 0.461. The molecule has 4 rings (SSSR count). The van der Waals surface area contributed by atoms with Crippen LogP contribution in [0.1, 0.15) is 26.0 Å². The van der Waals surface area contributed by atoms with Crippen LogP contribution >= 0.6 is 23.1 Å². The van der Waals surface area contributed by atoms with Crippen molar-refractivity contribution >= 4 is 39.1 Å². The Morgan fingerprint density at radius 3 is 2.92 bits per heavy atom. The number of aryl methyl sites for hydroxylation is 1. The molecule has 4 aromatic rings. The molecule has 0 aliphatic heterocycles. The number of thioether (sulfide) groups is 1. The fourth-order valence-corrected chi connectivity index (χ4v) is 4.54. The Kier molecular flexibility index (Phi) is 4.82. The average Bonchev–Trinajstić information content (AvgIpc) is 3.22. The molecule has 0 radical (unpaired) electrons. The van der Waals surface area contributed by atoms with E-state index in [1.807, 2.05) is 17.5 Å². The molecule has 3 aromatic heterocycles. The van der Waals surface area contributed by atoms with Crippen molar-refractivity contribution < 1.29 is 0 Å². The molecular weight excluding hydrogens is 364 g/mol. The fourth-order valence-electron chi connectivity index (χ4n) is 2.87. The summed E-state index contributed by atoms with van der Waals surface area (Å²) in [5.74, 6) is 1.27. The van der Waals surface area contributed by atoms with Crippen molar-refractivity contribution in [2.24, 2.45) is 5.92 Å². The Morgan fingerprint density at radius 1 is 1.23 bits per heavy atom. The molecule has 5 nitrogen and oxygen atoms in total. The van der Waals surface area contributed by atoms with Crippen LogP contribution in [0.15, 0.2) is 51.9 Å². The largest absolute Gasteiger partial charge is 0.319 e. The van der Waals surface area contributed by atoms with Crippen LogP contribution in [0.25, 0.3) is 16.0 Å². The third-order valence-electron chi connectivity index (χ3n) is 4.25. The van der Waals surface area contributed by atoms with Gasteiger partial charge >= 0.3 is 0 Å². The molecule has 7 heteroatoms. The summed E-state index contributed by atoms with van der Waals surface area (Å²) >= 11 is 3.12. The first kappa shape index (κ1) is 17.3. The molecule has 0 unspecified atom stereocenters. The van der Waals surface area contributed by atoms with E-state index in [4.69, 9.17) is 4.98 Å². The van der Waals surface area contributed by atoms with Crippen molar-refractivity contribution in [2.45, 2.75) is 37.7 Å². The van der Waals surface area contributed by atoms with Crippen molar-refractivity contribution in [1.82, 2.24) is 18.9 Å². The average molecular weight is 385 g/mol. The molecule has 0 saturated heterocycles. The van der Waals surface area contributed by atoms with Gasteiger partial charge in [-0.25, -0.2) is 9.97 Å². The Balaban J connectivity index is 1.63. The molecule has 0 saturated carbocycles. The molecule has 0 aliphatic carbocycles. The van der Waals surface area contributed by atoms with Crippen LogP contribution in [0.4, 0.5) is 0 Å². The van der Waals surface area contributed by atoms with E-state index in [1.165, 1.54) is 11.3 Å². The lowest BCUT2D eigenvalue weighted by Gasteiger charge is -2.10. The predicted molar refractivity (Wildman–Crippen MR) is 108 cm³/mol. The second-order valence-corrected chi connectivity index (χ2v) is 8.46. The van der Waals surface area contributed by atoms with Gasteiger partial charge in [0, 0.05) is 29.9 Å². The van der Waals surface area contributed by atoms with E-state index in [2.05, 4.69) is 35.5 Å². The van der Waals surface area contributed by atoms with Gasteiger partial charge in [-0.2, -0.15) is 0 Å². The van der Waals surface area contributed by atoms with Crippen LogP contribution in [0.3, 0.4) is 0 Å². The number of hydrogen-bond acceptors (Lipinski definition) is 5. The molecule has 0 amide bonds. The third-order valence-corrected chi connectivity index (χ3v) is 6.02. The molecule has 3 heterocycles. The SMILES string of the molecule is CC(C)CCn1c(SCc2cc(=O)n3ccsc3n2)nc2ccccc21. The van der Waals surface area contributed by atoms with E-state index in [-0.39, 0.29) is 5.56 Å². The Bertz CT molecular complexity index is 1110. The molecule has 0 aliphatic rings. The number of hydrogen-bond donors (Lipinski definition) is 0. The predicted octanol–water partition coefficient (Wildman–Crippen LogP) is 4.44. The van der Waals surface area contributed by atoms with Gasteiger partial charge in [-0.3, -0.25) is 9.20 Å². The first-order chi connectivity index (χ1) is 12.6. The molecule has 134 valence electrons. The monoisotopic (exact) mass is 384 g/mol. The number of benzene rings is 1. The second kappa shape index (κ2) is 7.25. The minimum Gasteiger partial charge on any atom is -0.319 e. The van der Waals surface area contributed by atoms with E-state index in [0.29, 0.717) is 11.7 Å². The number of aromatic nitrogens is 4. The van der Waals surface area contributed by atoms with Crippen molar-refractivity contribution in [2.75, 3.05) is 0 Å². The highest BCUT2D eigenvalue weighted by atomic mass is 32.2. The highest BCUT2D eigenvalue weighted by Crippen LogP contribution is 2.27. The number of imidazole rings is 1. The van der Waals surface area contributed by atoms with E-state index in [1.54, 1.807) is 28.4 Å². The zero-order valence-corrected chi connectivity index (χ0v) is 16.4. The molecule has 0 spiro atoms. The smallest absolute Gasteiger partial charge is 0.258 e. The molecule has 0 fully saturated rings. The van der Waals surface area contributed by atoms with Gasteiger partial charge < -0.3 is 4.57 Å². The Morgan fingerprint density at radius 2 is 2.08 bits per heavy atom. The number of rotatable bonds is 6. The summed E-state index contributed by atoms with van der Waals surface area (Å²) in [6.45, 7) is 5.42. The van der Waals surface area contributed by atoms with Crippen LogP contribution in [0.2, 0.25) is 0 Å². The van der Waals surface area contributed by atoms with Gasteiger partial charge in [0.2, 0.25) is 0 Å². The zero-order chi connectivity index (χ0) is 18.1. The fraction of sp³-hybridized carbons (Fsp3) is 0.316. The minimum atomic E-state index is -0.0276. The maximum atomic E-state index is 12.2. The summed E-state index contributed by atoms with van der Waals surface area (Å²) < 4.78 is 3.87. The Hall–Kier alpha value is -2.12. The normalized spacial score (nSPS) is 11.8. The summed E-state index contributed by atoms with van der Waals surface area (Å²) in [6.07, 6.45) is 2.87. The summed E-state index contributed by atoms with van der Waals surface area (Å²) in [7, 11) is 0. The Labute approximate surface area is 159 Å². The van der Waals surface area contributed by atoms with E-state index in [0.717, 1.165) is 39.8 Å². The van der Waals surface area contributed by atoms with E-state index >= 15 is 0 Å². The van der Waals surface area contributed by atoms with Gasteiger partial charge in [0.05, 0.1) is 16.7 Å². The second-order valence-electron chi connectivity index (χ2n) is 6.65. The molecule has 0 atom stereocenters. The van der Waals surface area contributed by atoms with Crippen molar-refractivity contribution in [3.8, 4) is 0 Å². The maximum Gasteiger partial charge on any atom is 0.258 e. The summed E-state index contributed by atoms with van der Waals surface area (Å²) in [5, 5.41) is 2.87. The van der Waals surface area contributed by atoms with Gasteiger partial charge in [0.25, 0.3) is 5.56 Å². The highest BCUT2D eigenvalue weighted by molar-refractivity contribution is 7.98. The number of thiazole rings is 1. The molecule has 26 heavy (non-hydrogen) atoms. The van der Waals surface area contributed by atoms with Crippen LogP contribution in [0.5, 0.6) is 0 Å². The number of para-hydroxylation sites is 2. The number of nitrogens with zero attached hydrogens (tertiary/aromatic N) is 4. The van der Waals surface area contributed by atoms with Gasteiger partial charge in [-0.05, 0) is 24.5 Å². The van der Waals surface area contributed by atoms with Crippen LogP contribution < -0.4 is 5.56 Å². The maximum absolute atomic E-state index is 12.2. The molecule has 1 aromatic carbocycles. The lowest BCUT2D eigenvalue weighted by molar-refractivity contribution is 0.503. The van der Waals surface area contributed by atoms with Gasteiger partial charge in [-0.15, -0.1) is 11.3 Å². The summed E-state index contributed by atoms with van der Waals surface area (Å²) in [4.78, 5) is 22.3. The third kappa shape index (κ3) is 3.41. The first-order valence-electron chi connectivity index (χ1n) is 8.65. The summed E-state index contributed by atoms with van der Waals surface area (Å²) in [5.41, 5.74) is 2.95. The topological polar surface area (TPSA) is 52.2 Å². The minimum absolute atomic E-state index is 0.0276. The molecular formula is C19H20N4OS2. The zero-order valence-electron chi connectivity index (χ0n) is 14.8. The van der Waals surface area contributed by atoms with Gasteiger partial charge in [-0.1, -0.05) is 37.7 Å². The molecule has 0 N–H and O–H groups in total. The van der Waals surface area contributed by atoms with Crippen molar-refractivity contribution in [3.63, 3.8) is 0 Å². The lowest BCUT2D eigenvalue weighted by atomic mass is 10.1. The van der Waals surface area contributed by atoms with Crippen LogP contribution in [0, 0.1) is 5.92 Å². The number of fused-ring (bicyclic) bond motifs is 2. The van der Waals surface area contributed by atoms with Gasteiger partial charge in [0.15, 0.2) is 10.1 Å². The van der Waals surface area contributed by atoms with Crippen molar-refractivity contribution in [3.05, 3.63) is 58.0 Å². The summed E-state index contributed by atoms with van der Waals surface area (Å²) in [6, 6.07) is 9.86. The van der Waals surface area contributed by atoms with E-state index in [9.17, 15) is 4.79 Å². The molecule has 0 bridgehead atoms. The standard InChI is InChI=1S/C19H20N4OS2/c1-13(2)7-8-22-16-6-4-3-5-15(16)21-19(22)26-12-14-11-17(24)23-9-10-25-18(23)20-14/h3-6,9-11,13H,7-8,12H2,1-2H3. The highest BCUT2D eigenvalue weighted by Gasteiger charge is 2.13. The van der Waals surface area contributed by atoms with Gasteiger partial charge in [0.1, 0.15) is 0 Å². The van der Waals surface area contributed by atoms with Crippen LogP contribution in [-0.2, 0) is 12.3 Å².